The first-order valence-corrected chi connectivity index (χ1v) is 5.67. The van der Waals surface area contributed by atoms with Gasteiger partial charge in [-0.2, -0.15) is 0 Å². The molecule has 0 saturated carbocycles. The third-order valence-corrected chi connectivity index (χ3v) is 2.50. The van der Waals surface area contributed by atoms with E-state index >= 15 is 0 Å². The van der Waals surface area contributed by atoms with Crippen LogP contribution in [0.25, 0.3) is 0 Å². The van der Waals surface area contributed by atoms with Gasteiger partial charge in [0.2, 0.25) is 5.88 Å². The molecule has 1 aromatic heterocycles. The summed E-state index contributed by atoms with van der Waals surface area (Å²) >= 11 is 0. The van der Waals surface area contributed by atoms with Crippen molar-refractivity contribution in [3.05, 3.63) is 22.9 Å². The second-order valence-corrected chi connectivity index (χ2v) is 3.58. The number of rotatable bonds is 4. The molecule has 0 aliphatic rings. The van der Waals surface area contributed by atoms with Crippen molar-refractivity contribution in [2.45, 2.75) is 27.2 Å². The van der Waals surface area contributed by atoms with Crippen LogP contribution < -0.4 is 10.2 Å². The third-order valence-electron chi connectivity index (χ3n) is 2.50. The highest BCUT2D eigenvalue weighted by atomic mass is 16.5. The number of hydrogen-bond donors (Lipinski definition) is 2. The minimum atomic E-state index is 0.440. The van der Waals surface area contributed by atoms with Crippen LogP contribution in [0.1, 0.15) is 30.7 Å². The summed E-state index contributed by atoms with van der Waals surface area (Å²) < 4.78 is 5.21. The number of aromatic nitrogens is 1. The van der Waals surface area contributed by atoms with Gasteiger partial charge in [0.15, 0.2) is 5.84 Å². The van der Waals surface area contributed by atoms with Crippen molar-refractivity contribution in [3.8, 4) is 5.88 Å². The SMILES string of the molecule is CCN=C(NO)c1cc(CC)c(OC)nc1C. The van der Waals surface area contributed by atoms with Crippen molar-refractivity contribution in [2.24, 2.45) is 4.99 Å². The molecule has 0 aromatic carbocycles. The number of methoxy groups -OCH3 is 1. The fourth-order valence-electron chi connectivity index (χ4n) is 1.63. The predicted octanol–water partition coefficient (Wildman–Crippen LogP) is 1.71. The molecule has 0 radical (unpaired) electrons. The molecule has 5 heteroatoms. The van der Waals surface area contributed by atoms with Gasteiger partial charge in [0, 0.05) is 17.7 Å². The Bertz CT molecular complexity index is 416. The lowest BCUT2D eigenvalue weighted by Gasteiger charge is -2.12. The zero-order valence-electron chi connectivity index (χ0n) is 10.7. The number of aliphatic imine (C=N–C) groups is 1. The molecule has 0 aliphatic carbocycles. The van der Waals surface area contributed by atoms with Gasteiger partial charge in [-0.15, -0.1) is 0 Å². The zero-order chi connectivity index (χ0) is 12.8. The lowest BCUT2D eigenvalue weighted by molar-refractivity contribution is 0.234. The van der Waals surface area contributed by atoms with Gasteiger partial charge in [-0.1, -0.05) is 6.92 Å². The molecule has 1 heterocycles. The van der Waals surface area contributed by atoms with Crippen LogP contribution in [0.5, 0.6) is 5.88 Å². The largest absolute Gasteiger partial charge is 0.481 e. The van der Waals surface area contributed by atoms with Crippen LogP contribution in [-0.4, -0.2) is 29.7 Å². The van der Waals surface area contributed by atoms with E-state index in [-0.39, 0.29) is 0 Å². The molecule has 0 unspecified atom stereocenters. The number of nitrogens with one attached hydrogen (secondary N) is 1. The maximum Gasteiger partial charge on any atom is 0.216 e. The van der Waals surface area contributed by atoms with Crippen molar-refractivity contribution < 1.29 is 9.94 Å². The van der Waals surface area contributed by atoms with E-state index in [0.29, 0.717) is 18.3 Å². The van der Waals surface area contributed by atoms with Crippen LogP contribution in [0.4, 0.5) is 0 Å². The molecule has 1 rings (SSSR count). The van der Waals surface area contributed by atoms with E-state index in [0.717, 1.165) is 23.2 Å². The van der Waals surface area contributed by atoms with Gasteiger partial charge in [-0.25, -0.2) is 4.98 Å². The molecule has 5 nitrogen and oxygen atoms in total. The molecular weight excluding hydrogens is 218 g/mol. The molecule has 0 bridgehead atoms. The van der Waals surface area contributed by atoms with E-state index in [1.54, 1.807) is 7.11 Å². The van der Waals surface area contributed by atoms with Crippen molar-refractivity contribution in [1.29, 1.82) is 0 Å². The van der Waals surface area contributed by atoms with E-state index in [2.05, 4.69) is 15.5 Å². The number of amidine groups is 1. The quantitative estimate of drug-likeness (QED) is 0.475. The van der Waals surface area contributed by atoms with Crippen LogP contribution in [0.2, 0.25) is 0 Å². The van der Waals surface area contributed by atoms with Gasteiger partial charge in [-0.05, 0) is 26.3 Å². The zero-order valence-corrected chi connectivity index (χ0v) is 10.7. The van der Waals surface area contributed by atoms with Crippen molar-refractivity contribution in [1.82, 2.24) is 10.5 Å². The van der Waals surface area contributed by atoms with E-state index in [1.807, 2.05) is 26.8 Å². The molecule has 0 aliphatic heterocycles. The molecular formula is C12H19N3O2. The smallest absolute Gasteiger partial charge is 0.216 e. The molecule has 0 saturated heterocycles. The minimum absolute atomic E-state index is 0.440. The summed E-state index contributed by atoms with van der Waals surface area (Å²) in [5.41, 5.74) is 4.68. The number of hydroxylamine groups is 1. The first-order chi connectivity index (χ1) is 8.17. The average Bonchev–Trinajstić information content (AvgIpc) is 2.36. The number of hydrogen-bond acceptors (Lipinski definition) is 4. The predicted molar refractivity (Wildman–Crippen MR) is 66.9 cm³/mol. The average molecular weight is 237 g/mol. The Labute approximate surface area is 102 Å². The second-order valence-electron chi connectivity index (χ2n) is 3.58. The highest BCUT2D eigenvalue weighted by Crippen LogP contribution is 2.20. The maximum atomic E-state index is 9.09. The number of pyridine rings is 1. The van der Waals surface area contributed by atoms with E-state index in [4.69, 9.17) is 9.94 Å². The van der Waals surface area contributed by atoms with Crippen LogP contribution in [0, 0.1) is 6.92 Å². The fraction of sp³-hybridized carbons (Fsp3) is 0.500. The molecule has 2 N–H and O–H groups in total. The topological polar surface area (TPSA) is 66.7 Å². The van der Waals surface area contributed by atoms with E-state index in [1.165, 1.54) is 0 Å². The Morgan fingerprint density at radius 3 is 2.71 bits per heavy atom. The first-order valence-electron chi connectivity index (χ1n) is 5.67. The van der Waals surface area contributed by atoms with Crippen LogP contribution in [0.3, 0.4) is 0 Å². The Balaban J connectivity index is 3.29. The lowest BCUT2D eigenvalue weighted by atomic mass is 10.1. The summed E-state index contributed by atoms with van der Waals surface area (Å²) in [6.45, 7) is 6.39. The summed E-state index contributed by atoms with van der Waals surface area (Å²) in [6.07, 6.45) is 0.814. The summed E-state index contributed by atoms with van der Waals surface area (Å²) in [7, 11) is 1.60. The molecule has 1 aromatic rings. The molecule has 0 atom stereocenters. The van der Waals surface area contributed by atoms with Crippen molar-refractivity contribution >= 4 is 5.84 Å². The summed E-state index contributed by atoms with van der Waals surface area (Å²) in [5.74, 6) is 1.07. The Hall–Kier alpha value is -1.62. The van der Waals surface area contributed by atoms with Crippen LogP contribution in [0.15, 0.2) is 11.1 Å². The highest BCUT2D eigenvalue weighted by molar-refractivity contribution is 5.99. The molecule has 0 spiro atoms. The fourth-order valence-corrected chi connectivity index (χ4v) is 1.63. The number of aryl methyl sites for hydroxylation is 2. The van der Waals surface area contributed by atoms with Gasteiger partial charge in [-0.3, -0.25) is 15.7 Å². The Kier molecular flexibility index (Phi) is 4.90. The standard InChI is InChI=1S/C12H19N3O2/c1-5-9-7-10(11(15-16)13-6-2)8(3)14-12(9)17-4/h7,16H,5-6H2,1-4H3,(H,13,15). The summed E-state index contributed by atoms with van der Waals surface area (Å²) in [4.78, 5) is 8.54. The molecule has 0 amide bonds. The van der Waals surface area contributed by atoms with Crippen LogP contribution in [-0.2, 0) is 6.42 Å². The van der Waals surface area contributed by atoms with Gasteiger partial charge < -0.3 is 4.74 Å². The van der Waals surface area contributed by atoms with Gasteiger partial charge >= 0.3 is 0 Å². The molecule has 17 heavy (non-hydrogen) atoms. The van der Waals surface area contributed by atoms with E-state index in [9.17, 15) is 0 Å². The van der Waals surface area contributed by atoms with Gasteiger partial charge in [0.05, 0.1) is 12.8 Å². The first kappa shape index (κ1) is 13.4. The molecule has 0 fully saturated rings. The maximum absolute atomic E-state index is 9.09. The monoisotopic (exact) mass is 237 g/mol. The third kappa shape index (κ3) is 2.94. The summed E-state index contributed by atoms with van der Waals surface area (Å²) in [6, 6.07) is 1.94. The number of ether oxygens (including phenoxy) is 1. The van der Waals surface area contributed by atoms with Gasteiger partial charge in [0.1, 0.15) is 0 Å². The highest BCUT2D eigenvalue weighted by Gasteiger charge is 2.12. The lowest BCUT2D eigenvalue weighted by Crippen LogP contribution is -2.22. The van der Waals surface area contributed by atoms with Gasteiger partial charge in [0.25, 0.3) is 0 Å². The summed E-state index contributed by atoms with van der Waals surface area (Å²) in [5, 5.41) is 9.09. The van der Waals surface area contributed by atoms with Crippen molar-refractivity contribution in [3.63, 3.8) is 0 Å². The van der Waals surface area contributed by atoms with Crippen molar-refractivity contribution in [2.75, 3.05) is 13.7 Å². The van der Waals surface area contributed by atoms with Crippen LogP contribution >= 0.6 is 0 Å². The number of nitrogens with zero attached hydrogens (tertiary/aromatic N) is 2. The Morgan fingerprint density at radius 1 is 1.53 bits per heavy atom. The van der Waals surface area contributed by atoms with E-state index < -0.39 is 0 Å². The normalized spacial score (nSPS) is 11.5. The molecule has 94 valence electrons. The minimum Gasteiger partial charge on any atom is -0.481 e. The Morgan fingerprint density at radius 2 is 2.24 bits per heavy atom. The second kappa shape index (κ2) is 6.20.